The summed E-state index contributed by atoms with van der Waals surface area (Å²) in [6.45, 7) is 0. The smallest absolute Gasteiger partial charge is 0.236 e. The summed E-state index contributed by atoms with van der Waals surface area (Å²) >= 11 is 23.9. The number of aromatic nitrogens is 2. The lowest BCUT2D eigenvalue weighted by molar-refractivity contribution is -0.137. The Hall–Kier alpha value is -1.13. The molecule has 2 aromatic rings. The quantitative estimate of drug-likeness (QED) is 0.588. The predicted molar refractivity (Wildman–Crippen MR) is 85.1 cm³/mol. The van der Waals surface area contributed by atoms with Crippen LogP contribution in [0.25, 0.3) is 5.69 Å². The second-order valence-corrected chi connectivity index (χ2v) is 7.65. The largest absolute Gasteiger partial charge is 0.416 e. The molecule has 1 atom stereocenters. The lowest BCUT2D eigenvalue weighted by atomic mass is 10.1. The van der Waals surface area contributed by atoms with Gasteiger partial charge in [0.2, 0.25) is 0 Å². The van der Waals surface area contributed by atoms with E-state index in [1.54, 1.807) is 0 Å². The summed E-state index contributed by atoms with van der Waals surface area (Å²) in [5, 5.41) is 12.7. The molecule has 0 amide bonds. The molecule has 0 N–H and O–H groups in total. The number of benzene rings is 1. The van der Waals surface area contributed by atoms with Gasteiger partial charge in [-0.15, -0.1) is 23.2 Å². The van der Waals surface area contributed by atoms with E-state index in [4.69, 9.17) is 46.4 Å². The van der Waals surface area contributed by atoms with Crippen molar-refractivity contribution < 1.29 is 13.2 Å². The van der Waals surface area contributed by atoms with Gasteiger partial charge >= 0.3 is 6.18 Å². The Morgan fingerprint density at radius 2 is 1.79 bits per heavy atom. The van der Waals surface area contributed by atoms with E-state index in [9.17, 15) is 18.4 Å². The molecule has 10 heteroatoms. The minimum Gasteiger partial charge on any atom is -0.236 e. The highest BCUT2D eigenvalue weighted by molar-refractivity contribution is 6.51. The van der Waals surface area contributed by atoms with Gasteiger partial charge in [-0.25, -0.2) is 4.68 Å². The molecule has 1 aromatic carbocycles. The van der Waals surface area contributed by atoms with Crippen LogP contribution in [0.4, 0.5) is 13.2 Å². The number of hydrogen-bond donors (Lipinski definition) is 0. The van der Waals surface area contributed by atoms with Gasteiger partial charge in [0.15, 0.2) is 5.69 Å². The number of halogens is 7. The van der Waals surface area contributed by atoms with Gasteiger partial charge in [0.25, 0.3) is 0 Å². The first-order valence-corrected chi connectivity index (χ1v) is 8.00. The van der Waals surface area contributed by atoms with Crippen molar-refractivity contribution in [1.29, 1.82) is 5.26 Å². The Bertz CT molecular complexity index is 844. The van der Waals surface area contributed by atoms with Crippen LogP contribution < -0.4 is 0 Å². The Balaban J connectivity index is 2.09. The normalized spacial score (nSPS) is 19.2. The summed E-state index contributed by atoms with van der Waals surface area (Å²) in [6.07, 6.45) is -2.68. The van der Waals surface area contributed by atoms with Crippen LogP contribution in [-0.4, -0.2) is 14.1 Å². The van der Waals surface area contributed by atoms with E-state index in [0.29, 0.717) is 12.0 Å². The second kappa shape index (κ2) is 5.70. The van der Waals surface area contributed by atoms with Crippen LogP contribution in [-0.2, 0) is 6.18 Å². The molecule has 1 fully saturated rings. The van der Waals surface area contributed by atoms with Gasteiger partial charge in [0, 0.05) is 17.7 Å². The first-order chi connectivity index (χ1) is 11.0. The van der Waals surface area contributed by atoms with Gasteiger partial charge in [-0.2, -0.15) is 23.5 Å². The minimum atomic E-state index is -4.58. The third-order valence-corrected chi connectivity index (χ3v) is 5.03. The van der Waals surface area contributed by atoms with Gasteiger partial charge in [0.1, 0.15) is 16.1 Å². The molecule has 1 aliphatic carbocycles. The predicted octanol–water partition coefficient (Wildman–Crippen LogP) is 5.73. The van der Waals surface area contributed by atoms with E-state index in [-0.39, 0.29) is 27.3 Å². The Labute approximate surface area is 154 Å². The topological polar surface area (TPSA) is 41.6 Å². The first-order valence-electron chi connectivity index (χ1n) is 6.48. The highest BCUT2D eigenvalue weighted by atomic mass is 35.5. The summed E-state index contributed by atoms with van der Waals surface area (Å²) in [6, 6.07) is 3.41. The van der Waals surface area contributed by atoms with Crippen LogP contribution >= 0.6 is 46.4 Å². The van der Waals surface area contributed by atoms with Crippen molar-refractivity contribution in [2.75, 3.05) is 0 Å². The monoisotopic (exact) mass is 413 g/mol. The number of hydrogen-bond acceptors (Lipinski definition) is 2. The summed E-state index contributed by atoms with van der Waals surface area (Å²) in [5.41, 5.74) is -0.369. The molecule has 0 spiro atoms. The maximum absolute atomic E-state index is 12.8. The molecule has 3 nitrogen and oxygen atoms in total. The fourth-order valence-corrected chi connectivity index (χ4v) is 3.55. The Morgan fingerprint density at radius 1 is 1.25 bits per heavy atom. The number of nitriles is 1. The third-order valence-electron chi connectivity index (χ3n) is 3.62. The zero-order valence-electron chi connectivity index (χ0n) is 11.5. The zero-order chi connectivity index (χ0) is 17.9. The second-order valence-electron chi connectivity index (χ2n) is 5.29. The van der Waals surface area contributed by atoms with E-state index < -0.39 is 16.1 Å². The standard InChI is InChI=1S/C14H6Cl4F3N3/c15-9-1-6(14(19,20)21)2-10(16)12(9)24-5-7(11(4-22)23-24)8-3-13(8,17)18/h1-2,5,8H,3H2. The molecule has 1 heterocycles. The van der Waals surface area contributed by atoms with Crippen LogP contribution in [0.3, 0.4) is 0 Å². The van der Waals surface area contributed by atoms with E-state index in [0.717, 1.165) is 12.1 Å². The molecule has 1 aromatic heterocycles. The summed E-state index contributed by atoms with van der Waals surface area (Å²) in [5.74, 6) is -0.281. The number of rotatable bonds is 2. The molecule has 1 aliphatic rings. The highest BCUT2D eigenvalue weighted by Gasteiger charge is 2.54. The third kappa shape index (κ3) is 3.06. The van der Waals surface area contributed by atoms with Crippen LogP contribution in [0.5, 0.6) is 0 Å². The fraction of sp³-hybridized carbons (Fsp3) is 0.286. The molecule has 1 saturated carbocycles. The molecule has 0 aliphatic heterocycles. The Kier molecular flexibility index (Phi) is 4.20. The van der Waals surface area contributed by atoms with Gasteiger partial charge in [-0.3, -0.25) is 0 Å². The minimum absolute atomic E-state index is 0.0458. The van der Waals surface area contributed by atoms with Gasteiger partial charge in [-0.05, 0) is 18.6 Å². The van der Waals surface area contributed by atoms with Crippen molar-refractivity contribution >= 4 is 46.4 Å². The average molecular weight is 415 g/mol. The molecule has 0 radical (unpaired) electrons. The SMILES string of the molecule is N#Cc1nn(-c2c(Cl)cc(C(F)(F)F)cc2Cl)cc1C1CC1(Cl)Cl. The molecule has 0 bridgehead atoms. The maximum Gasteiger partial charge on any atom is 0.416 e. The molecule has 24 heavy (non-hydrogen) atoms. The molecule has 126 valence electrons. The van der Waals surface area contributed by atoms with Crippen molar-refractivity contribution in [3.05, 3.63) is 45.2 Å². The first kappa shape index (κ1) is 17.7. The average Bonchev–Trinajstić information content (AvgIpc) is 2.91. The van der Waals surface area contributed by atoms with Crippen LogP contribution in [0.1, 0.15) is 29.2 Å². The molecule has 3 rings (SSSR count). The van der Waals surface area contributed by atoms with Gasteiger partial charge in [-0.1, -0.05) is 23.2 Å². The van der Waals surface area contributed by atoms with Crippen LogP contribution in [0, 0.1) is 11.3 Å². The van der Waals surface area contributed by atoms with Crippen molar-refractivity contribution in [3.8, 4) is 11.8 Å². The fourth-order valence-electron chi connectivity index (χ4n) is 2.34. The van der Waals surface area contributed by atoms with Crippen molar-refractivity contribution in [1.82, 2.24) is 9.78 Å². The molecular formula is C14H6Cl4F3N3. The number of nitrogens with zero attached hydrogens (tertiary/aromatic N) is 3. The molecule has 1 unspecified atom stereocenters. The molecular weight excluding hydrogens is 409 g/mol. The van der Waals surface area contributed by atoms with E-state index >= 15 is 0 Å². The van der Waals surface area contributed by atoms with E-state index in [1.165, 1.54) is 10.9 Å². The summed E-state index contributed by atoms with van der Waals surface area (Å²) in [4.78, 5) is 0. The highest BCUT2D eigenvalue weighted by Crippen LogP contribution is 2.60. The van der Waals surface area contributed by atoms with Crippen LogP contribution in [0.15, 0.2) is 18.3 Å². The van der Waals surface area contributed by atoms with Crippen molar-refractivity contribution in [2.24, 2.45) is 0 Å². The van der Waals surface area contributed by atoms with Crippen LogP contribution in [0.2, 0.25) is 10.0 Å². The number of alkyl halides is 5. The summed E-state index contributed by atoms with van der Waals surface area (Å²) < 4.78 is 38.6. The summed E-state index contributed by atoms with van der Waals surface area (Å²) in [7, 11) is 0. The van der Waals surface area contributed by atoms with Crippen molar-refractivity contribution in [3.63, 3.8) is 0 Å². The lowest BCUT2D eigenvalue weighted by Crippen LogP contribution is -2.07. The van der Waals surface area contributed by atoms with E-state index in [2.05, 4.69) is 5.10 Å². The van der Waals surface area contributed by atoms with E-state index in [1.807, 2.05) is 6.07 Å². The lowest BCUT2D eigenvalue weighted by Gasteiger charge is -2.12. The van der Waals surface area contributed by atoms with Gasteiger partial charge in [0.05, 0.1) is 15.6 Å². The molecule has 0 saturated heterocycles. The Morgan fingerprint density at radius 3 is 2.21 bits per heavy atom. The zero-order valence-corrected chi connectivity index (χ0v) is 14.5. The van der Waals surface area contributed by atoms with Crippen molar-refractivity contribution in [2.45, 2.75) is 22.8 Å². The maximum atomic E-state index is 12.8. The van der Waals surface area contributed by atoms with Gasteiger partial charge < -0.3 is 0 Å².